The molecule has 4 heteroatoms. The Morgan fingerprint density at radius 2 is 2.05 bits per heavy atom. The summed E-state index contributed by atoms with van der Waals surface area (Å²) >= 11 is 0. The molecular formula is C16H18N4. The maximum Gasteiger partial charge on any atom is 0.0892 e. The van der Waals surface area contributed by atoms with Crippen molar-refractivity contribution < 1.29 is 0 Å². The van der Waals surface area contributed by atoms with Crippen LogP contribution < -0.4 is 5.32 Å². The van der Waals surface area contributed by atoms with E-state index in [4.69, 9.17) is 0 Å². The van der Waals surface area contributed by atoms with E-state index in [9.17, 15) is 0 Å². The molecule has 0 spiro atoms. The minimum Gasteiger partial charge on any atom is -0.310 e. The van der Waals surface area contributed by atoms with Crippen LogP contribution in [-0.2, 0) is 6.42 Å². The number of likely N-dealkylation sites (N-methyl/N-ethyl adjacent to an activating group) is 1. The molecule has 1 atom stereocenters. The monoisotopic (exact) mass is 266 g/mol. The summed E-state index contributed by atoms with van der Waals surface area (Å²) in [6.07, 6.45) is 8.39. The first kappa shape index (κ1) is 12.8. The fraction of sp³-hybridized carbons (Fsp3) is 0.250. The Bertz CT molecular complexity index is 675. The third kappa shape index (κ3) is 2.56. The molecule has 0 amide bonds. The highest BCUT2D eigenvalue weighted by atomic mass is 15.2. The zero-order valence-corrected chi connectivity index (χ0v) is 11.5. The van der Waals surface area contributed by atoms with Gasteiger partial charge in [0.2, 0.25) is 0 Å². The van der Waals surface area contributed by atoms with Crippen molar-refractivity contribution in [1.29, 1.82) is 0 Å². The van der Waals surface area contributed by atoms with Gasteiger partial charge in [-0.15, -0.1) is 0 Å². The zero-order valence-electron chi connectivity index (χ0n) is 11.5. The molecule has 3 aromatic rings. The van der Waals surface area contributed by atoms with Crippen molar-refractivity contribution in [3.05, 3.63) is 66.2 Å². The van der Waals surface area contributed by atoms with E-state index in [0.29, 0.717) is 0 Å². The van der Waals surface area contributed by atoms with Gasteiger partial charge in [-0.1, -0.05) is 37.3 Å². The van der Waals surface area contributed by atoms with Crippen LogP contribution in [0.4, 0.5) is 0 Å². The average molecular weight is 266 g/mol. The fourth-order valence-electron chi connectivity index (χ4n) is 2.51. The van der Waals surface area contributed by atoms with Crippen LogP contribution in [0.5, 0.6) is 0 Å². The van der Waals surface area contributed by atoms with Crippen molar-refractivity contribution >= 4 is 5.52 Å². The van der Waals surface area contributed by atoms with Crippen LogP contribution in [0.15, 0.2) is 55.1 Å². The quantitative estimate of drug-likeness (QED) is 0.772. The number of aromatic nitrogens is 3. The van der Waals surface area contributed by atoms with E-state index in [0.717, 1.165) is 18.5 Å². The molecule has 0 aliphatic carbocycles. The lowest BCUT2D eigenvalue weighted by atomic mass is 10.0. The number of hydrogen-bond donors (Lipinski definition) is 1. The summed E-state index contributed by atoms with van der Waals surface area (Å²) in [5.41, 5.74) is 3.58. The van der Waals surface area contributed by atoms with Gasteiger partial charge in [-0.25, -0.2) is 4.52 Å². The molecule has 1 aromatic carbocycles. The number of rotatable bonds is 5. The predicted octanol–water partition coefficient (Wildman–Crippen LogP) is 2.62. The molecule has 2 aromatic heterocycles. The standard InChI is InChI=1S/C16H18N4/c1-2-18-15(10-13-6-4-3-5-7-13)14-11-19-20-9-8-17-12-16(14)20/h3-9,11-12,15,18H,2,10H2,1H3. The number of nitrogens with one attached hydrogen (secondary N) is 1. The highest BCUT2D eigenvalue weighted by molar-refractivity contribution is 5.53. The summed E-state index contributed by atoms with van der Waals surface area (Å²) in [6.45, 7) is 3.05. The summed E-state index contributed by atoms with van der Waals surface area (Å²) in [7, 11) is 0. The molecule has 1 unspecified atom stereocenters. The van der Waals surface area contributed by atoms with Gasteiger partial charge in [-0.05, 0) is 18.5 Å². The highest BCUT2D eigenvalue weighted by Crippen LogP contribution is 2.22. The van der Waals surface area contributed by atoms with Gasteiger partial charge in [-0.3, -0.25) is 4.98 Å². The second-order valence-electron chi connectivity index (χ2n) is 4.81. The summed E-state index contributed by atoms with van der Waals surface area (Å²) in [5.74, 6) is 0. The van der Waals surface area contributed by atoms with Gasteiger partial charge >= 0.3 is 0 Å². The van der Waals surface area contributed by atoms with E-state index in [1.54, 1.807) is 6.20 Å². The Hall–Kier alpha value is -2.20. The van der Waals surface area contributed by atoms with E-state index in [-0.39, 0.29) is 6.04 Å². The molecule has 0 saturated heterocycles. The Balaban J connectivity index is 1.94. The number of benzene rings is 1. The second-order valence-corrected chi connectivity index (χ2v) is 4.81. The SMILES string of the molecule is CCNC(Cc1ccccc1)c1cnn2ccncc12. The summed E-state index contributed by atoms with van der Waals surface area (Å²) in [6, 6.07) is 10.8. The largest absolute Gasteiger partial charge is 0.310 e. The van der Waals surface area contributed by atoms with Crippen LogP contribution in [0.2, 0.25) is 0 Å². The van der Waals surface area contributed by atoms with E-state index >= 15 is 0 Å². The minimum atomic E-state index is 0.254. The second kappa shape index (κ2) is 5.84. The van der Waals surface area contributed by atoms with Crippen LogP contribution in [-0.4, -0.2) is 21.1 Å². The molecule has 0 bridgehead atoms. The molecule has 1 N–H and O–H groups in total. The number of hydrogen-bond acceptors (Lipinski definition) is 3. The van der Waals surface area contributed by atoms with Gasteiger partial charge in [0, 0.05) is 24.0 Å². The van der Waals surface area contributed by atoms with Gasteiger partial charge in [0.25, 0.3) is 0 Å². The molecule has 102 valence electrons. The van der Waals surface area contributed by atoms with E-state index in [1.807, 2.05) is 29.2 Å². The van der Waals surface area contributed by atoms with Gasteiger partial charge < -0.3 is 5.32 Å². The normalized spacial score (nSPS) is 12.7. The van der Waals surface area contributed by atoms with E-state index in [1.165, 1.54) is 11.1 Å². The van der Waals surface area contributed by atoms with Crippen molar-refractivity contribution in [3.8, 4) is 0 Å². The number of fused-ring (bicyclic) bond motifs is 1. The van der Waals surface area contributed by atoms with Crippen molar-refractivity contribution in [3.63, 3.8) is 0 Å². The van der Waals surface area contributed by atoms with Gasteiger partial charge in [0.1, 0.15) is 0 Å². The molecular weight excluding hydrogens is 248 g/mol. The van der Waals surface area contributed by atoms with Crippen molar-refractivity contribution in [1.82, 2.24) is 19.9 Å². The third-order valence-electron chi connectivity index (χ3n) is 3.46. The predicted molar refractivity (Wildman–Crippen MR) is 79.6 cm³/mol. The molecule has 4 nitrogen and oxygen atoms in total. The van der Waals surface area contributed by atoms with Crippen molar-refractivity contribution in [2.45, 2.75) is 19.4 Å². The van der Waals surface area contributed by atoms with Crippen molar-refractivity contribution in [2.75, 3.05) is 6.54 Å². The zero-order chi connectivity index (χ0) is 13.8. The Labute approximate surface area is 118 Å². The molecule has 20 heavy (non-hydrogen) atoms. The first-order valence-corrected chi connectivity index (χ1v) is 6.93. The molecule has 0 saturated carbocycles. The summed E-state index contributed by atoms with van der Waals surface area (Å²) < 4.78 is 1.87. The van der Waals surface area contributed by atoms with Crippen LogP contribution in [0.25, 0.3) is 5.52 Å². The van der Waals surface area contributed by atoms with Gasteiger partial charge in [0.15, 0.2) is 0 Å². The molecule has 2 heterocycles. The smallest absolute Gasteiger partial charge is 0.0892 e. The lowest BCUT2D eigenvalue weighted by Gasteiger charge is -2.17. The van der Waals surface area contributed by atoms with Gasteiger partial charge in [0.05, 0.1) is 17.9 Å². The van der Waals surface area contributed by atoms with E-state index in [2.05, 4.69) is 46.6 Å². The molecule has 0 radical (unpaired) electrons. The van der Waals surface area contributed by atoms with Crippen LogP contribution in [0, 0.1) is 0 Å². The maximum absolute atomic E-state index is 4.40. The minimum absolute atomic E-state index is 0.254. The lowest BCUT2D eigenvalue weighted by molar-refractivity contribution is 0.553. The highest BCUT2D eigenvalue weighted by Gasteiger charge is 2.16. The average Bonchev–Trinajstić information content (AvgIpc) is 2.92. The molecule has 3 rings (SSSR count). The Morgan fingerprint density at radius 1 is 1.20 bits per heavy atom. The molecule has 0 fully saturated rings. The first-order valence-electron chi connectivity index (χ1n) is 6.93. The molecule has 0 aliphatic heterocycles. The van der Waals surface area contributed by atoms with Gasteiger partial charge in [-0.2, -0.15) is 5.10 Å². The Kier molecular flexibility index (Phi) is 3.74. The fourth-order valence-corrected chi connectivity index (χ4v) is 2.51. The maximum atomic E-state index is 4.40. The first-order chi connectivity index (χ1) is 9.88. The third-order valence-corrected chi connectivity index (χ3v) is 3.46. The number of nitrogens with zero attached hydrogens (tertiary/aromatic N) is 3. The van der Waals surface area contributed by atoms with Crippen LogP contribution >= 0.6 is 0 Å². The van der Waals surface area contributed by atoms with Crippen molar-refractivity contribution in [2.24, 2.45) is 0 Å². The van der Waals surface area contributed by atoms with Crippen LogP contribution in [0.3, 0.4) is 0 Å². The lowest BCUT2D eigenvalue weighted by Crippen LogP contribution is -2.22. The topological polar surface area (TPSA) is 42.2 Å². The molecule has 0 aliphatic rings. The van der Waals surface area contributed by atoms with E-state index < -0.39 is 0 Å². The summed E-state index contributed by atoms with van der Waals surface area (Å²) in [4.78, 5) is 4.21. The van der Waals surface area contributed by atoms with Crippen LogP contribution in [0.1, 0.15) is 24.1 Å². The Morgan fingerprint density at radius 3 is 2.85 bits per heavy atom. The summed E-state index contributed by atoms with van der Waals surface area (Å²) in [5, 5.41) is 7.94.